The zero-order valence-corrected chi connectivity index (χ0v) is 12.4. The minimum absolute atomic E-state index is 0.0227. The van der Waals surface area contributed by atoms with Gasteiger partial charge in [-0.1, -0.05) is 26.2 Å². The summed E-state index contributed by atoms with van der Waals surface area (Å²) in [4.78, 5) is 25.5. The number of carbonyl (C=O) groups is 2. The Morgan fingerprint density at radius 1 is 1.20 bits per heavy atom. The second-order valence-electron chi connectivity index (χ2n) is 6.97. The van der Waals surface area contributed by atoms with Crippen molar-refractivity contribution in [3.63, 3.8) is 0 Å². The molecule has 3 fully saturated rings. The van der Waals surface area contributed by atoms with E-state index in [9.17, 15) is 9.59 Å². The molecular formula is C16H26N2O2. The molecule has 0 aromatic carbocycles. The first-order chi connectivity index (χ1) is 9.65. The number of likely N-dealkylation sites (tertiary alicyclic amines) is 1. The van der Waals surface area contributed by atoms with Gasteiger partial charge in [-0.25, -0.2) is 0 Å². The van der Waals surface area contributed by atoms with E-state index in [-0.39, 0.29) is 23.9 Å². The number of carbonyl (C=O) groups excluding carboxylic acids is 2. The predicted molar refractivity (Wildman–Crippen MR) is 77.0 cm³/mol. The number of amides is 2. The van der Waals surface area contributed by atoms with E-state index in [1.807, 2.05) is 0 Å². The average Bonchev–Trinajstić information content (AvgIpc) is 3.18. The number of rotatable bonds is 5. The van der Waals surface area contributed by atoms with Crippen molar-refractivity contribution in [3.8, 4) is 0 Å². The molecule has 1 aliphatic heterocycles. The van der Waals surface area contributed by atoms with Crippen molar-refractivity contribution in [1.29, 1.82) is 0 Å². The van der Waals surface area contributed by atoms with Crippen LogP contribution in [0.4, 0.5) is 0 Å². The molecule has 2 amide bonds. The minimum Gasteiger partial charge on any atom is -0.305 e. The van der Waals surface area contributed by atoms with Crippen LogP contribution in [0.2, 0.25) is 0 Å². The highest BCUT2D eigenvalue weighted by molar-refractivity contribution is 6.06. The molecule has 0 spiro atoms. The minimum atomic E-state index is -0.246. The fourth-order valence-corrected chi connectivity index (χ4v) is 3.81. The van der Waals surface area contributed by atoms with Crippen LogP contribution in [0.3, 0.4) is 0 Å². The summed E-state index contributed by atoms with van der Waals surface area (Å²) in [5, 5.41) is 3.32. The van der Waals surface area contributed by atoms with Crippen LogP contribution in [0.25, 0.3) is 0 Å². The van der Waals surface area contributed by atoms with Crippen molar-refractivity contribution in [2.24, 2.45) is 11.8 Å². The van der Waals surface area contributed by atoms with Crippen LogP contribution >= 0.6 is 0 Å². The zero-order valence-electron chi connectivity index (χ0n) is 12.4. The van der Waals surface area contributed by atoms with Gasteiger partial charge in [-0.2, -0.15) is 0 Å². The Labute approximate surface area is 121 Å². The molecule has 1 heterocycles. The highest BCUT2D eigenvalue weighted by Gasteiger charge is 2.45. The maximum Gasteiger partial charge on any atom is 0.247 e. The first-order valence-electron chi connectivity index (χ1n) is 8.24. The molecule has 4 heteroatoms. The Kier molecular flexibility index (Phi) is 4.11. The molecule has 20 heavy (non-hydrogen) atoms. The molecule has 1 N–H and O–H groups in total. The van der Waals surface area contributed by atoms with E-state index in [2.05, 4.69) is 12.2 Å². The molecule has 0 aromatic rings. The zero-order chi connectivity index (χ0) is 14.1. The molecule has 0 bridgehead atoms. The number of nitrogens with one attached hydrogen (secondary N) is 1. The van der Waals surface area contributed by atoms with Gasteiger partial charge in [0, 0.05) is 6.04 Å². The van der Waals surface area contributed by atoms with Crippen molar-refractivity contribution in [1.82, 2.24) is 10.2 Å². The molecule has 1 saturated heterocycles. The Bertz CT molecular complexity index is 392. The lowest BCUT2D eigenvalue weighted by Crippen LogP contribution is -2.40. The van der Waals surface area contributed by atoms with E-state index >= 15 is 0 Å². The van der Waals surface area contributed by atoms with Crippen molar-refractivity contribution in [3.05, 3.63) is 0 Å². The second-order valence-corrected chi connectivity index (χ2v) is 6.97. The predicted octanol–water partition coefficient (Wildman–Crippen LogP) is 2.08. The molecule has 3 aliphatic rings. The van der Waals surface area contributed by atoms with E-state index in [1.165, 1.54) is 30.6 Å². The van der Waals surface area contributed by atoms with Crippen molar-refractivity contribution in [2.45, 2.75) is 70.4 Å². The van der Waals surface area contributed by atoms with Gasteiger partial charge >= 0.3 is 0 Å². The third-order valence-electron chi connectivity index (χ3n) is 5.08. The van der Waals surface area contributed by atoms with E-state index in [4.69, 9.17) is 0 Å². The van der Waals surface area contributed by atoms with E-state index in [0.717, 1.165) is 37.6 Å². The van der Waals surface area contributed by atoms with Gasteiger partial charge in [-0.05, 0) is 44.1 Å². The lowest BCUT2D eigenvalue weighted by Gasteiger charge is -2.27. The Morgan fingerprint density at radius 2 is 2.00 bits per heavy atom. The summed E-state index contributed by atoms with van der Waals surface area (Å²) in [7, 11) is 0. The maximum atomic E-state index is 12.2. The van der Waals surface area contributed by atoms with E-state index < -0.39 is 0 Å². The quantitative estimate of drug-likeness (QED) is 0.783. The molecule has 0 aromatic heterocycles. The second kappa shape index (κ2) is 5.84. The average molecular weight is 278 g/mol. The van der Waals surface area contributed by atoms with Gasteiger partial charge in [-0.3, -0.25) is 14.5 Å². The molecule has 2 saturated carbocycles. The SMILES string of the molecule is CC1CCCC(CCNC2CC(=O)N(C3CC3)C2=O)C1. The number of imide groups is 1. The molecule has 3 unspecified atom stereocenters. The highest BCUT2D eigenvalue weighted by atomic mass is 16.2. The molecule has 112 valence electrons. The smallest absolute Gasteiger partial charge is 0.247 e. The highest BCUT2D eigenvalue weighted by Crippen LogP contribution is 2.32. The summed E-state index contributed by atoms with van der Waals surface area (Å²) < 4.78 is 0. The molecule has 3 atom stereocenters. The summed E-state index contributed by atoms with van der Waals surface area (Å²) in [5.41, 5.74) is 0. The summed E-state index contributed by atoms with van der Waals surface area (Å²) in [6.07, 6.45) is 8.90. The van der Waals surface area contributed by atoms with E-state index in [0.29, 0.717) is 6.42 Å². The van der Waals surface area contributed by atoms with Crippen LogP contribution in [0, 0.1) is 11.8 Å². The normalized spacial score (nSPS) is 34.9. The van der Waals surface area contributed by atoms with Crippen LogP contribution < -0.4 is 5.32 Å². The number of nitrogens with zero attached hydrogens (tertiary/aromatic N) is 1. The Morgan fingerprint density at radius 3 is 2.70 bits per heavy atom. The lowest BCUT2D eigenvalue weighted by molar-refractivity contribution is -0.139. The molecule has 0 radical (unpaired) electrons. The molecule has 2 aliphatic carbocycles. The van der Waals surface area contributed by atoms with E-state index in [1.54, 1.807) is 0 Å². The van der Waals surface area contributed by atoms with Crippen LogP contribution in [0.15, 0.2) is 0 Å². The topological polar surface area (TPSA) is 49.4 Å². The van der Waals surface area contributed by atoms with Crippen molar-refractivity contribution >= 4 is 11.8 Å². The van der Waals surface area contributed by atoms with Crippen LogP contribution in [-0.4, -0.2) is 35.3 Å². The van der Waals surface area contributed by atoms with Gasteiger partial charge in [0.15, 0.2) is 0 Å². The van der Waals surface area contributed by atoms with Gasteiger partial charge < -0.3 is 5.32 Å². The molecular weight excluding hydrogens is 252 g/mol. The third kappa shape index (κ3) is 3.05. The van der Waals surface area contributed by atoms with Gasteiger partial charge in [0.2, 0.25) is 11.8 Å². The van der Waals surface area contributed by atoms with Gasteiger partial charge in [-0.15, -0.1) is 0 Å². The van der Waals surface area contributed by atoms with Crippen molar-refractivity contribution < 1.29 is 9.59 Å². The van der Waals surface area contributed by atoms with Crippen molar-refractivity contribution in [2.75, 3.05) is 6.54 Å². The summed E-state index contributed by atoms with van der Waals surface area (Å²) >= 11 is 0. The molecule has 4 nitrogen and oxygen atoms in total. The van der Waals surface area contributed by atoms with Crippen LogP contribution in [0.5, 0.6) is 0 Å². The number of hydrogen-bond acceptors (Lipinski definition) is 3. The van der Waals surface area contributed by atoms with Crippen LogP contribution in [-0.2, 0) is 9.59 Å². The number of hydrogen-bond donors (Lipinski definition) is 1. The Hall–Kier alpha value is -0.900. The third-order valence-corrected chi connectivity index (χ3v) is 5.08. The Balaban J connectivity index is 1.42. The van der Waals surface area contributed by atoms with Gasteiger partial charge in [0.05, 0.1) is 12.5 Å². The van der Waals surface area contributed by atoms with Gasteiger partial charge in [0.1, 0.15) is 0 Å². The fraction of sp³-hybridized carbons (Fsp3) is 0.875. The monoisotopic (exact) mass is 278 g/mol. The van der Waals surface area contributed by atoms with Gasteiger partial charge in [0.25, 0.3) is 0 Å². The fourth-order valence-electron chi connectivity index (χ4n) is 3.81. The summed E-state index contributed by atoms with van der Waals surface area (Å²) in [6, 6.07) is -0.0230. The summed E-state index contributed by atoms with van der Waals surface area (Å²) in [6.45, 7) is 3.21. The standard InChI is InChI=1S/C16H26N2O2/c1-11-3-2-4-12(9-11)7-8-17-14-10-15(19)18(16(14)20)13-5-6-13/h11-14,17H,2-10H2,1H3. The first-order valence-corrected chi connectivity index (χ1v) is 8.24. The largest absolute Gasteiger partial charge is 0.305 e. The lowest BCUT2D eigenvalue weighted by atomic mass is 9.81. The summed E-state index contributed by atoms with van der Waals surface area (Å²) in [5.74, 6) is 1.71. The molecule has 3 rings (SSSR count). The van der Waals surface area contributed by atoms with Crippen LogP contribution in [0.1, 0.15) is 58.3 Å². The maximum absolute atomic E-state index is 12.2. The first kappa shape index (κ1) is 14.1.